The third-order valence-corrected chi connectivity index (χ3v) is 5.76. The van der Waals surface area contributed by atoms with Gasteiger partial charge in [-0.15, -0.1) is 0 Å². The highest BCUT2D eigenvalue weighted by Gasteiger charge is 2.59. The maximum absolute atomic E-state index is 4.92. The molecule has 15 heavy (non-hydrogen) atoms. The van der Waals surface area contributed by atoms with Crippen molar-refractivity contribution < 1.29 is 0 Å². The predicted molar refractivity (Wildman–Crippen MR) is 70.3 cm³/mol. The minimum absolute atomic E-state index is 0.133. The molecule has 2 bridgehead atoms. The third-order valence-electron chi connectivity index (χ3n) is 5.06. The number of fused-ring (bicyclic) bond motifs is 2. The molecule has 0 aromatic rings. The van der Waals surface area contributed by atoms with E-state index in [0.717, 1.165) is 12.2 Å². The highest BCUT2D eigenvalue weighted by Crippen LogP contribution is 2.64. The minimum atomic E-state index is 0.133. The molecule has 0 unspecified atom stereocenters. The molecule has 0 aromatic heterocycles. The maximum atomic E-state index is 4.92. The molecule has 0 aliphatic heterocycles. The van der Waals surface area contributed by atoms with Crippen molar-refractivity contribution in [2.24, 2.45) is 21.7 Å². The average Bonchev–Trinajstić information content (AvgIpc) is 2.46. The van der Waals surface area contributed by atoms with Crippen molar-refractivity contribution in [3.05, 3.63) is 0 Å². The van der Waals surface area contributed by atoms with Gasteiger partial charge in [0.05, 0.1) is 6.29 Å². The van der Waals surface area contributed by atoms with Crippen molar-refractivity contribution in [1.82, 2.24) is 0 Å². The van der Waals surface area contributed by atoms with Crippen LogP contribution >= 0.6 is 7.92 Å². The van der Waals surface area contributed by atoms with Crippen LogP contribution in [-0.4, -0.2) is 25.3 Å². The Bertz CT molecular complexity index is 293. The van der Waals surface area contributed by atoms with Crippen LogP contribution in [0, 0.1) is 16.7 Å². The molecule has 2 heteroatoms. The standard InChI is InChI=1S/C13H24NP/c1-12(2)10-6-7-13(12,3)11(8-10)14-9-15(4)5/h10H,6-9H2,1-5H3/b14-11-/t10-,13+/m1/s1. The second-order valence-electron chi connectivity index (χ2n) is 6.32. The van der Waals surface area contributed by atoms with Gasteiger partial charge in [0.2, 0.25) is 0 Å². The van der Waals surface area contributed by atoms with Crippen LogP contribution in [0.15, 0.2) is 4.99 Å². The van der Waals surface area contributed by atoms with E-state index in [4.69, 9.17) is 4.99 Å². The van der Waals surface area contributed by atoms with Crippen LogP contribution in [0.4, 0.5) is 0 Å². The Kier molecular flexibility index (Phi) is 2.74. The molecule has 0 heterocycles. The smallest absolute Gasteiger partial charge is 0.0579 e. The van der Waals surface area contributed by atoms with Gasteiger partial charge in [0.1, 0.15) is 0 Å². The van der Waals surface area contributed by atoms with Gasteiger partial charge in [0, 0.05) is 11.1 Å². The number of rotatable bonds is 2. The molecule has 2 atom stereocenters. The van der Waals surface area contributed by atoms with Gasteiger partial charge >= 0.3 is 0 Å². The summed E-state index contributed by atoms with van der Waals surface area (Å²) >= 11 is 0. The Morgan fingerprint density at radius 1 is 1.33 bits per heavy atom. The van der Waals surface area contributed by atoms with Gasteiger partial charge in [-0.2, -0.15) is 0 Å². The minimum Gasteiger partial charge on any atom is -0.289 e. The first-order valence-electron chi connectivity index (χ1n) is 6.06. The zero-order valence-corrected chi connectivity index (χ0v) is 11.7. The summed E-state index contributed by atoms with van der Waals surface area (Å²) in [4.78, 5) is 4.92. The van der Waals surface area contributed by atoms with Gasteiger partial charge in [-0.3, -0.25) is 4.99 Å². The molecule has 2 rings (SSSR count). The Labute approximate surface area is 95.5 Å². The van der Waals surface area contributed by atoms with Gasteiger partial charge in [-0.05, 0) is 43.9 Å². The highest BCUT2D eigenvalue weighted by atomic mass is 31.1. The summed E-state index contributed by atoms with van der Waals surface area (Å²) in [5.74, 6) is 0.904. The maximum Gasteiger partial charge on any atom is 0.0579 e. The number of hydrogen-bond donors (Lipinski definition) is 0. The third kappa shape index (κ3) is 1.58. The molecule has 1 nitrogen and oxygen atoms in total. The molecule has 0 saturated heterocycles. The van der Waals surface area contributed by atoms with E-state index in [1.165, 1.54) is 19.3 Å². The molecule has 2 fully saturated rings. The number of aliphatic imine (C=N–C) groups is 1. The van der Waals surface area contributed by atoms with Gasteiger partial charge in [0.15, 0.2) is 0 Å². The van der Waals surface area contributed by atoms with Crippen molar-refractivity contribution in [2.45, 2.75) is 40.0 Å². The summed E-state index contributed by atoms with van der Waals surface area (Å²) in [7, 11) is 0.133. The summed E-state index contributed by atoms with van der Waals surface area (Å²) in [6, 6.07) is 0. The van der Waals surface area contributed by atoms with E-state index in [2.05, 4.69) is 34.1 Å². The largest absolute Gasteiger partial charge is 0.289 e. The van der Waals surface area contributed by atoms with Crippen molar-refractivity contribution in [3.63, 3.8) is 0 Å². The van der Waals surface area contributed by atoms with Crippen LogP contribution in [0.1, 0.15) is 40.0 Å². The molecule has 2 aliphatic rings. The van der Waals surface area contributed by atoms with E-state index in [-0.39, 0.29) is 7.92 Å². The van der Waals surface area contributed by atoms with Gasteiger partial charge < -0.3 is 0 Å². The quantitative estimate of drug-likeness (QED) is 0.630. The predicted octanol–water partition coefficient (Wildman–Crippen LogP) is 3.97. The zero-order valence-electron chi connectivity index (χ0n) is 10.8. The molecule has 0 radical (unpaired) electrons. The molecule has 2 saturated carbocycles. The zero-order chi connectivity index (χ0) is 11.3. The topological polar surface area (TPSA) is 12.4 Å². The van der Waals surface area contributed by atoms with E-state index >= 15 is 0 Å². The fourth-order valence-corrected chi connectivity index (χ4v) is 3.85. The lowest BCUT2D eigenvalue weighted by molar-refractivity contribution is 0.194. The average molecular weight is 225 g/mol. The van der Waals surface area contributed by atoms with Crippen LogP contribution in [0.5, 0.6) is 0 Å². The van der Waals surface area contributed by atoms with Crippen molar-refractivity contribution in [1.29, 1.82) is 0 Å². The molecular weight excluding hydrogens is 201 g/mol. The molecule has 86 valence electrons. The Morgan fingerprint density at radius 2 is 2.00 bits per heavy atom. The summed E-state index contributed by atoms with van der Waals surface area (Å²) in [5.41, 5.74) is 2.46. The Morgan fingerprint density at radius 3 is 2.40 bits per heavy atom. The van der Waals surface area contributed by atoms with E-state index in [9.17, 15) is 0 Å². The number of nitrogens with zero attached hydrogens (tertiary/aromatic N) is 1. The summed E-state index contributed by atoms with van der Waals surface area (Å²) in [5, 5.41) is 0. The lowest BCUT2D eigenvalue weighted by Crippen LogP contribution is -2.32. The van der Waals surface area contributed by atoms with Crippen molar-refractivity contribution in [3.8, 4) is 0 Å². The van der Waals surface area contributed by atoms with Gasteiger partial charge in [-0.1, -0.05) is 28.7 Å². The van der Waals surface area contributed by atoms with E-state index in [1.807, 2.05) is 0 Å². The molecule has 2 aliphatic carbocycles. The first-order valence-corrected chi connectivity index (χ1v) is 8.48. The van der Waals surface area contributed by atoms with Gasteiger partial charge in [0.25, 0.3) is 0 Å². The number of hydrogen-bond acceptors (Lipinski definition) is 1. The second kappa shape index (κ2) is 3.55. The van der Waals surface area contributed by atoms with E-state index < -0.39 is 0 Å². The van der Waals surface area contributed by atoms with Crippen molar-refractivity contribution in [2.75, 3.05) is 19.6 Å². The molecular formula is C13H24NP. The fourth-order valence-electron chi connectivity index (χ4n) is 3.39. The summed E-state index contributed by atoms with van der Waals surface area (Å²) < 4.78 is 0. The van der Waals surface area contributed by atoms with E-state index in [0.29, 0.717) is 10.8 Å². The lowest BCUT2D eigenvalue weighted by atomic mass is 9.70. The first kappa shape index (κ1) is 11.6. The first-order chi connectivity index (χ1) is 6.88. The van der Waals surface area contributed by atoms with Crippen LogP contribution in [0.3, 0.4) is 0 Å². The van der Waals surface area contributed by atoms with Crippen LogP contribution in [-0.2, 0) is 0 Å². The van der Waals surface area contributed by atoms with Crippen LogP contribution in [0.25, 0.3) is 0 Å². The Hall–Kier alpha value is 0.100. The van der Waals surface area contributed by atoms with Crippen LogP contribution in [0.2, 0.25) is 0 Å². The monoisotopic (exact) mass is 225 g/mol. The second-order valence-corrected chi connectivity index (χ2v) is 8.76. The van der Waals surface area contributed by atoms with Gasteiger partial charge in [-0.25, -0.2) is 0 Å². The van der Waals surface area contributed by atoms with Crippen molar-refractivity contribution >= 4 is 13.6 Å². The Balaban J connectivity index is 2.22. The molecule has 0 N–H and O–H groups in total. The SMILES string of the molecule is CP(C)C/N=C1/C[C@H]2CC[C@]1(C)C2(C)C. The molecule has 0 amide bonds. The highest BCUT2D eigenvalue weighted by molar-refractivity contribution is 7.55. The fraction of sp³-hybridized carbons (Fsp3) is 0.923. The molecule has 0 aromatic carbocycles. The van der Waals surface area contributed by atoms with E-state index in [1.54, 1.807) is 5.71 Å². The summed E-state index contributed by atoms with van der Waals surface area (Å²) in [6.07, 6.45) is 5.17. The normalized spacial score (nSPS) is 40.7. The summed E-state index contributed by atoms with van der Waals surface area (Å²) in [6.45, 7) is 12.0. The molecule has 0 spiro atoms. The van der Waals surface area contributed by atoms with Crippen LogP contribution < -0.4 is 0 Å². The lowest BCUT2D eigenvalue weighted by Gasteiger charge is -2.34.